The summed E-state index contributed by atoms with van der Waals surface area (Å²) in [5, 5.41) is 6.87. The van der Waals surface area contributed by atoms with Gasteiger partial charge >= 0.3 is 0 Å². The van der Waals surface area contributed by atoms with Gasteiger partial charge in [-0.3, -0.25) is 5.10 Å². The maximum Gasteiger partial charge on any atom is 0.0521 e. The number of H-pyrrole nitrogens is 1. The maximum atomic E-state index is 4.00. The van der Waals surface area contributed by atoms with Crippen LogP contribution in [0, 0.1) is 0 Å². The van der Waals surface area contributed by atoms with Crippen molar-refractivity contribution in [1.82, 2.24) is 10.2 Å². The molecule has 2 rings (SSSR count). The molecule has 0 aliphatic carbocycles. The summed E-state index contributed by atoms with van der Waals surface area (Å²) in [5.41, 5.74) is 2.71. The van der Waals surface area contributed by atoms with Gasteiger partial charge in [-0.25, -0.2) is 0 Å². The highest BCUT2D eigenvalue weighted by Crippen LogP contribution is 2.28. The van der Waals surface area contributed by atoms with Gasteiger partial charge in [-0.05, 0) is 29.4 Å². The topological polar surface area (TPSA) is 28.7 Å². The molecule has 0 saturated heterocycles. The summed E-state index contributed by atoms with van der Waals surface area (Å²) in [6, 6.07) is 10.7. The van der Waals surface area contributed by atoms with Crippen LogP contribution >= 0.6 is 0 Å². The lowest BCUT2D eigenvalue weighted by Gasteiger charge is -2.16. The molecule has 2 nitrogen and oxygen atoms in total. The van der Waals surface area contributed by atoms with Crippen molar-refractivity contribution in [3.05, 3.63) is 53.9 Å². The minimum absolute atomic E-state index is 0.550. The Bertz CT molecular complexity index is 406. The predicted molar refractivity (Wildman–Crippen MR) is 66.5 cm³/mol. The summed E-state index contributed by atoms with van der Waals surface area (Å²) in [6.45, 7) is 4.54. The number of hydrogen-bond acceptors (Lipinski definition) is 1. The molecule has 0 aliphatic rings. The van der Waals surface area contributed by atoms with E-state index >= 15 is 0 Å². The van der Waals surface area contributed by atoms with Gasteiger partial charge in [-0.2, -0.15) is 5.10 Å². The lowest BCUT2D eigenvalue weighted by atomic mass is 9.88. The fourth-order valence-corrected chi connectivity index (χ4v) is 2.11. The summed E-state index contributed by atoms with van der Waals surface area (Å²) in [6.07, 6.45) is 5.06. The zero-order valence-electron chi connectivity index (χ0n) is 9.85. The zero-order chi connectivity index (χ0) is 11.4. The Morgan fingerprint density at radius 2 is 1.75 bits per heavy atom. The average molecular weight is 214 g/mol. The molecule has 2 atom stereocenters. The molecule has 0 fully saturated rings. The molecule has 1 aromatic heterocycles. The van der Waals surface area contributed by atoms with E-state index in [9.17, 15) is 0 Å². The molecule has 16 heavy (non-hydrogen) atoms. The third-order valence-corrected chi connectivity index (χ3v) is 3.16. The van der Waals surface area contributed by atoms with Crippen LogP contribution in [0.25, 0.3) is 0 Å². The van der Waals surface area contributed by atoms with E-state index < -0.39 is 0 Å². The van der Waals surface area contributed by atoms with Crippen LogP contribution in [0.3, 0.4) is 0 Å². The first-order chi connectivity index (χ1) is 7.77. The maximum absolute atomic E-state index is 4.00. The normalized spacial score (nSPS) is 14.6. The Balaban J connectivity index is 2.00. The second-order valence-corrected chi connectivity index (χ2v) is 4.48. The Kier molecular flexibility index (Phi) is 3.40. The van der Waals surface area contributed by atoms with Gasteiger partial charge in [0, 0.05) is 6.20 Å². The van der Waals surface area contributed by atoms with Crippen molar-refractivity contribution in [3.8, 4) is 0 Å². The standard InChI is InChI=1S/C14H18N2/c1-11(13-6-4-3-5-7-13)8-12(2)14-9-15-16-10-14/h3-7,9-12H,8H2,1-2H3,(H,15,16). The van der Waals surface area contributed by atoms with E-state index in [-0.39, 0.29) is 0 Å². The second-order valence-electron chi connectivity index (χ2n) is 4.48. The van der Waals surface area contributed by atoms with Gasteiger partial charge in [-0.15, -0.1) is 0 Å². The first kappa shape index (κ1) is 10.9. The summed E-state index contributed by atoms with van der Waals surface area (Å²) < 4.78 is 0. The molecule has 2 unspecified atom stereocenters. The smallest absolute Gasteiger partial charge is 0.0521 e. The molecule has 1 heterocycles. The molecular formula is C14H18N2. The molecule has 0 aliphatic heterocycles. The van der Waals surface area contributed by atoms with Crippen molar-refractivity contribution in [2.24, 2.45) is 0 Å². The van der Waals surface area contributed by atoms with Crippen LogP contribution in [-0.2, 0) is 0 Å². The number of aromatic nitrogens is 2. The van der Waals surface area contributed by atoms with Crippen molar-refractivity contribution in [2.75, 3.05) is 0 Å². The van der Waals surface area contributed by atoms with Crippen molar-refractivity contribution >= 4 is 0 Å². The van der Waals surface area contributed by atoms with E-state index in [4.69, 9.17) is 0 Å². The van der Waals surface area contributed by atoms with Gasteiger partial charge in [0.05, 0.1) is 6.20 Å². The Labute approximate surface area is 96.7 Å². The first-order valence-electron chi connectivity index (χ1n) is 5.81. The van der Waals surface area contributed by atoms with Gasteiger partial charge in [0.1, 0.15) is 0 Å². The van der Waals surface area contributed by atoms with Gasteiger partial charge in [0.2, 0.25) is 0 Å². The molecule has 2 aromatic rings. The second kappa shape index (κ2) is 4.97. The van der Waals surface area contributed by atoms with Crippen LogP contribution in [-0.4, -0.2) is 10.2 Å². The highest BCUT2D eigenvalue weighted by atomic mass is 15.1. The van der Waals surface area contributed by atoms with E-state index in [1.165, 1.54) is 11.1 Å². The number of nitrogens with zero attached hydrogens (tertiary/aromatic N) is 1. The van der Waals surface area contributed by atoms with E-state index in [0.717, 1.165) is 6.42 Å². The van der Waals surface area contributed by atoms with Crippen LogP contribution in [0.2, 0.25) is 0 Å². The summed E-state index contributed by atoms with van der Waals surface area (Å²) >= 11 is 0. The highest BCUT2D eigenvalue weighted by molar-refractivity contribution is 5.20. The Morgan fingerprint density at radius 1 is 1.06 bits per heavy atom. The fourth-order valence-electron chi connectivity index (χ4n) is 2.11. The number of rotatable bonds is 4. The quantitative estimate of drug-likeness (QED) is 0.825. The Morgan fingerprint density at radius 3 is 2.38 bits per heavy atom. The monoisotopic (exact) mass is 214 g/mol. The SMILES string of the molecule is CC(CC(C)c1cn[nH]c1)c1ccccc1. The minimum Gasteiger partial charge on any atom is -0.285 e. The first-order valence-corrected chi connectivity index (χ1v) is 5.81. The van der Waals surface area contributed by atoms with E-state index in [0.29, 0.717) is 11.8 Å². The van der Waals surface area contributed by atoms with Gasteiger partial charge in [0.25, 0.3) is 0 Å². The van der Waals surface area contributed by atoms with Crippen molar-refractivity contribution in [3.63, 3.8) is 0 Å². The molecule has 2 heteroatoms. The van der Waals surface area contributed by atoms with Crippen LogP contribution in [0.15, 0.2) is 42.7 Å². The predicted octanol–water partition coefficient (Wildman–Crippen LogP) is 3.71. The van der Waals surface area contributed by atoms with E-state index in [1.54, 1.807) is 0 Å². The summed E-state index contributed by atoms with van der Waals surface area (Å²) in [5.74, 6) is 1.14. The minimum atomic E-state index is 0.550. The van der Waals surface area contributed by atoms with Crippen LogP contribution in [0.4, 0.5) is 0 Å². The molecule has 0 radical (unpaired) electrons. The third kappa shape index (κ3) is 2.51. The van der Waals surface area contributed by atoms with Crippen molar-refractivity contribution < 1.29 is 0 Å². The molecule has 84 valence electrons. The zero-order valence-corrected chi connectivity index (χ0v) is 9.85. The van der Waals surface area contributed by atoms with Crippen LogP contribution < -0.4 is 0 Å². The summed E-state index contributed by atoms with van der Waals surface area (Å²) in [7, 11) is 0. The summed E-state index contributed by atoms with van der Waals surface area (Å²) in [4.78, 5) is 0. The van der Waals surface area contributed by atoms with E-state index in [2.05, 4.69) is 54.4 Å². The Hall–Kier alpha value is -1.57. The highest BCUT2D eigenvalue weighted by Gasteiger charge is 2.12. The lowest BCUT2D eigenvalue weighted by molar-refractivity contribution is 0.593. The molecule has 1 aromatic carbocycles. The average Bonchev–Trinajstić information content (AvgIpc) is 2.83. The van der Waals surface area contributed by atoms with Crippen molar-refractivity contribution in [1.29, 1.82) is 0 Å². The van der Waals surface area contributed by atoms with Crippen molar-refractivity contribution in [2.45, 2.75) is 32.1 Å². The molecule has 1 N–H and O–H groups in total. The number of nitrogens with one attached hydrogen (secondary N) is 1. The molecule has 0 spiro atoms. The van der Waals surface area contributed by atoms with Gasteiger partial charge in [-0.1, -0.05) is 44.2 Å². The third-order valence-electron chi connectivity index (χ3n) is 3.16. The van der Waals surface area contributed by atoms with Crippen LogP contribution in [0.1, 0.15) is 43.2 Å². The largest absolute Gasteiger partial charge is 0.285 e. The number of benzene rings is 1. The molecule has 0 amide bonds. The van der Waals surface area contributed by atoms with E-state index in [1.807, 2.05) is 12.4 Å². The number of aromatic amines is 1. The number of hydrogen-bond donors (Lipinski definition) is 1. The van der Waals surface area contributed by atoms with Crippen LogP contribution in [0.5, 0.6) is 0 Å². The fraction of sp³-hybridized carbons (Fsp3) is 0.357. The van der Waals surface area contributed by atoms with Gasteiger partial charge < -0.3 is 0 Å². The molecule has 0 saturated carbocycles. The molecule has 0 bridgehead atoms. The molecular weight excluding hydrogens is 196 g/mol. The van der Waals surface area contributed by atoms with Gasteiger partial charge in [0.15, 0.2) is 0 Å². The lowest BCUT2D eigenvalue weighted by Crippen LogP contribution is -2.00.